The number of esters is 1. The van der Waals surface area contributed by atoms with Crippen LogP contribution in [-0.4, -0.2) is 22.6 Å². The van der Waals surface area contributed by atoms with Crippen molar-refractivity contribution in [1.82, 2.24) is 14.9 Å². The fourth-order valence-electron chi connectivity index (χ4n) is 2.21. The molecule has 0 bridgehead atoms. The van der Waals surface area contributed by atoms with Crippen molar-refractivity contribution in [3.63, 3.8) is 0 Å². The van der Waals surface area contributed by atoms with E-state index < -0.39 is 6.04 Å². The first-order valence-corrected chi connectivity index (χ1v) is 7.00. The molecule has 21 heavy (non-hydrogen) atoms. The molecule has 1 aromatic heterocycles. The van der Waals surface area contributed by atoms with Gasteiger partial charge in [-0.25, -0.2) is 9.78 Å². The summed E-state index contributed by atoms with van der Waals surface area (Å²) < 4.78 is 6.89. The first-order valence-electron chi connectivity index (χ1n) is 7.00. The fourth-order valence-corrected chi connectivity index (χ4v) is 2.21. The normalized spacial score (nSPS) is 12.4. The van der Waals surface area contributed by atoms with Crippen LogP contribution in [0.15, 0.2) is 42.9 Å². The van der Waals surface area contributed by atoms with Crippen LogP contribution in [0.5, 0.6) is 0 Å². The molecule has 0 spiro atoms. The van der Waals surface area contributed by atoms with E-state index in [1.807, 2.05) is 34.9 Å². The third-order valence-corrected chi connectivity index (χ3v) is 3.34. The Morgan fingerprint density at radius 2 is 2.05 bits per heavy atom. The molecule has 1 N–H and O–H groups in total. The molecule has 1 unspecified atom stereocenters. The second-order valence-electron chi connectivity index (χ2n) is 5.14. The van der Waals surface area contributed by atoms with Crippen molar-refractivity contribution in [3.8, 4) is 0 Å². The fraction of sp³-hybridized carbons (Fsp3) is 0.375. The van der Waals surface area contributed by atoms with Crippen LogP contribution in [0.3, 0.4) is 0 Å². The lowest BCUT2D eigenvalue weighted by Crippen LogP contribution is -2.31. The maximum Gasteiger partial charge on any atom is 0.329 e. The summed E-state index contributed by atoms with van der Waals surface area (Å²) in [6.07, 6.45) is 3.44. The average molecular weight is 287 g/mol. The highest BCUT2D eigenvalue weighted by Crippen LogP contribution is 2.19. The number of aromatic nitrogens is 2. The summed E-state index contributed by atoms with van der Waals surface area (Å²) in [4.78, 5) is 16.2. The van der Waals surface area contributed by atoms with Gasteiger partial charge in [-0.05, 0) is 19.4 Å². The third kappa shape index (κ3) is 3.70. The SMILES string of the molecule is COC(=O)C(NCc1ccccc1)c1cncn1C(C)C. The van der Waals surface area contributed by atoms with Crippen LogP contribution in [0.2, 0.25) is 0 Å². The number of carbonyl (C=O) groups excluding carboxylic acids is 1. The minimum absolute atomic E-state index is 0.230. The second kappa shape index (κ2) is 7.04. The zero-order valence-electron chi connectivity index (χ0n) is 12.6. The van der Waals surface area contributed by atoms with Crippen molar-refractivity contribution < 1.29 is 9.53 Å². The van der Waals surface area contributed by atoms with E-state index in [1.165, 1.54) is 7.11 Å². The number of carbonyl (C=O) groups is 1. The largest absolute Gasteiger partial charge is 0.468 e. The minimum Gasteiger partial charge on any atom is -0.468 e. The molecule has 2 rings (SSSR count). The van der Waals surface area contributed by atoms with Crippen LogP contribution in [-0.2, 0) is 16.1 Å². The standard InChI is InChI=1S/C16H21N3O2/c1-12(2)19-11-17-10-14(19)15(16(20)21-3)18-9-13-7-5-4-6-8-13/h4-8,10-12,15,18H,9H2,1-3H3. The van der Waals surface area contributed by atoms with E-state index in [2.05, 4.69) is 24.1 Å². The number of ether oxygens (including phenoxy) is 1. The molecule has 112 valence electrons. The van der Waals surface area contributed by atoms with E-state index in [1.54, 1.807) is 12.5 Å². The van der Waals surface area contributed by atoms with Crippen LogP contribution in [0.4, 0.5) is 0 Å². The van der Waals surface area contributed by atoms with Gasteiger partial charge in [-0.3, -0.25) is 5.32 Å². The quantitative estimate of drug-likeness (QED) is 0.829. The van der Waals surface area contributed by atoms with Crippen molar-refractivity contribution in [1.29, 1.82) is 0 Å². The molecule has 0 aliphatic rings. The average Bonchev–Trinajstić information content (AvgIpc) is 2.98. The molecule has 1 heterocycles. The number of imidazole rings is 1. The Labute approximate surface area is 125 Å². The molecule has 0 fully saturated rings. The number of rotatable bonds is 6. The summed E-state index contributed by atoms with van der Waals surface area (Å²) in [5.41, 5.74) is 1.93. The number of nitrogens with one attached hydrogen (secondary N) is 1. The Kier molecular flexibility index (Phi) is 5.11. The lowest BCUT2D eigenvalue weighted by atomic mass is 10.1. The predicted molar refractivity (Wildman–Crippen MR) is 80.7 cm³/mol. The topological polar surface area (TPSA) is 56.1 Å². The van der Waals surface area contributed by atoms with Gasteiger partial charge in [0, 0.05) is 12.6 Å². The summed E-state index contributed by atoms with van der Waals surface area (Å²) >= 11 is 0. The van der Waals surface area contributed by atoms with Gasteiger partial charge in [0.1, 0.15) is 6.04 Å². The van der Waals surface area contributed by atoms with Gasteiger partial charge in [-0.2, -0.15) is 0 Å². The van der Waals surface area contributed by atoms with Crippen molar-refractivity contribution in [2.75, 3.05) is 7.11 Å². The van der Waals surface area contributed by atoms with E-state index in [0.717, 1.165) is 11.3 Å². The van der Waals surface area contributed by atoms with Crippen molar-refractivity contribution >= 4 is 5.97 Å². The van der Waals surface area contributed by atoms with Gasteiger partial charge in [0.05, 0.1) is 25.3 Å². The van der Waals surface area contributed by atoms with Crippen molar-refractivity contribution in [3.05, 3.63) is 54.1 Å². The van der Waals surface area contributed by atoms with E-state index >= 15 is 0 Å². The smallest absolute Gasteiger partial charge is 0.329 e. The van der Waals surface area contributed by atoms with Crippen molar-refractivity contribution in [2.45, 2.75) is 32.5 Å². The van der Waals surface area contributed by atoms with Crippen LogP contribution in [0.1, 0.15) is 37.2 Å². The molecule has 0 aliphatic heterocycles. The number of methoxy groups -OCH3 is 1. The Bertz CT molecular complexity index is 578. The number of nitrogens with zero attached hydrogens (tertiary/aromatic N) is 2. The first kappa shape index (κ1) is 15.3. The summed E-state index contributed by atoms with van der Waals surface area (Å²) in [6, 6.07) is 9.65. The Hall–Kier alpha value is -2.14. The molecule has 5 nitrogen and oxygen atoms in total. The minimum atomic E-state index is -0.528. The molecule has 2 aromatic rings. The molecule has 0 amide bonds. The second-order valence-corrected chi connectivity index (χ2v) is 5.14. The van der Waals surface area contributed by atoms with Gasteiger partial charge in [0.25, 0.3) is 0 Å². The van der Waals surface area contributed by atoms with E-state index in [9.17, 15) is 4.79 Å². The van der Waals surface area contributed by atoms with Crippen LogP contribution in [0.25, 0.3) is 0 Å². The van der Waals surface area contributed by atoms with Crippen molar-refractivity contribution in [2.24, 2.45) is 0 Å². The first-order chi connectivity index (χ1) is 10.1. The Balaban J connectivity index is 2.19. The van der Waals surface area contributed by atoms with Gasteiger partial charge >= 0.3 is 5.97 Å². The number of hydrogen-bond acceptors (Lipinski definition) is 4. The lowest BCUT2D eigenvalue weighted by Gasteiger charge is -2.20. The molecule has 0 saturated carbocycles. The number of benzene rings is 1. The monoisotopic (exact) mass is 287 g/mol. The lowest BCUT2D eigenvalue weighted by molar-refractivity contribution is -0.143. The van der Waals surface area contributed by atoms with Crippen LogP contribution >= 0.6 is 0 Å². The molecule has 0 saturated heterocycles. The Morgan fingerprint density at radius 1 is 1.33 bits per heavy atom. The van der Waals surface area contributed by atoms with Gasteiger partial charge < -0.3 is 9.30 Å². The summed E-state index contributed by atoms with van der Waals surface area (Å²) in [7, 11) is 1.40. The zero-order chi connectivity index (χ0) is 15.2. The molecule has 1 atom stereocenters. The van der Waals surface area contributed by atoms with Gasteiger partial charge in [0.15, 0.2) is 0 Å². The van der Waals surface area contributed by atoms with Crippen LogP contribution < -0.4 is 5.32 Å². The molecule has 5 heteroatoms. The molecule has 0 radical (unpaired) electrons. The number of hydrogen-bond donors (Lipinski definition) is 1. The summed E-state index contributed by atoms with van der Waals surface area (Å²) in [6.45, 7) is 4.69. The summed E-state index contributed by atoms with van der Waals surface area (Å²) in [5, 5.41) is 3.25. The van der Waals surface area contributed by atoms with Gasteiger partial charge in [-0.1, -0.05) is 30.3 Å². The third-order valence-electron chi connectivity index (χ3n) is 3.34. The highest BCUT2D eigenvalue weighted by molar-refractivity contribution is 5.76. The van der Waals surface area contributed by atoms with E-state index in [-0.39, 0.29) is 12.0 Å². The molecular weight excluding hydrogens is 266 g/mol. The molecule has 1 aromatic carbocycles. The van der Waals surface area contributed by atoms with Gasteiger partial charge in [-0.15, -0.1) is 0 Å². The Morgan fingerprint density at radius 3 is 2.67 bits per heavy atom. The van der Waals surface area contributed by atoms with E-state index in [4.69, 9.17) is 4.74 Å². The maximum absolute atomic E-state index is 12.1. The van der Waals surface area contributed by atoms with Gasteiger partial charge in [0.2, 0.25) is 0 Å². The highest BCUT2D eigenvalue weighted by atomic mass is 16.5. The molecular formula is C16H21N3O2. The highest BCUT2D eigenvalue weighted by Gasteiger charge is 2.25. The zero-order valence-corrected chi connectivity index (χ0v) is 12.6. The van der Waals surface area contributed by atoms with Crippen LogP contribution in [0, 0.1) is 0 Å². The molecule has 0 aliphatic carbocycles. The van der Waals surface area contributed by atoms with E-state index in [0.29, 0.717) is 6.54 Å². The summed E-state index contributed by atoms with van der Waals surface area (Å²) in [5.74, 6) is -0.312. The maximum atomic E-state index is 12.1. The predicted octanol–water partition coefficient (Wildman–Crippen LogP) is 2.47.